The van der Waals surface area contributed by atoms with Crippen molar-refractivity contribution in [1.29, 1.82) is 0 Å². The number of aryl methyl sites for hydroxylation is 1. The molecule has 4 heteroatoms. The Kier molecular flexibility index (Phi) is 5.49. The first-order chi connectivity index (χ1) is 14.9. The van der Waals surface area contributed by atoms with E-state index in [4.69, 9.17) is 0 Å². The van der Waals surface area contributed by atoms with E-state index < -0.39 is 23.0 Å². The van der Waals surface area contributed by atoms with E-state index in [0.717, 1.165) is 0 Å². The molecule has 0 amide bonds. The van der Waals surface area contributed by atoms with Crippen molar-refractivity contribution in [1.82, 2.24) is 0 Å². The van der Waals surface area contributed by atoms with Crippen LogP contribution in [0.3, 0.4) is 0 Å². The molecule has 0 aromatic heterocycles. The van der Waals surface area contributed by atoms with Gasteiger partial charge in [-0.15, -0.1) is 0 Å². The molecule has 2 nitrogen and oxygen atoms in total. The number of aliphatic hydroxyl groups is 1. The maximum absolute atomic E-state index is 15.4. The summed E-state index contributed by atoms with van der Waals surface area (Å²) in [5.74, 6) is -1.61. The standard InChI is InChI=1S/C27H20F2O2/c1-18-12-17-23(24(25(18)29)19-13-15-22(28)16-14-19)27(31,21-10-6-3-7-11-21)26(30)20-8-4-2-5-9-20/h2-17,31H,1H3. The number of carbonyl (C=O) groups excluding carboxylic acids is 1. The van der Waals surface area contributed by atoms with Crippen LogP contribution in [0.15, 0.2) is 97.1 Å². The van der Waals surface area contributed by atoms with Gasteiger partial charge in [0, 0.05) is 16.7 Å². The number of halogens is 2. The van der Waals surface area contributed by atoms with Crippen molar-refractivity contribution in [3.05, 3.63) is 131 Å². The lowest BCUT2D eigenvalue weighted by Gasteiger charge is -2.30. The third-order valence-corrected chi connectivity index (χ3v) is 5.41. The van der Waals surface area contributed by atoms with Gasteiger partial charge in [0.25, 0.3) is 0 Å². The molecule has 0 saturated heterocycles. The predicted molar refractivity (Wildman–Crippen MR) is 117 cm³/mol. The molecule has 0 aliphatic carbocycles. The zero-order valence-corrected chi connectivity index (χ0v) is 16.8. The molecular formula is C27H20F2O2. The highest BCUT2D eigenvalue weighted by molar-refractivity contribution is 6.06. The summed E-state index contributed by atoms with van der Waals surface area (Å²) in [6.07, 6.45) is 0. The van der Waals surface area contributed by atoms with Gasteiger partial charge in [-0.2, -0.15) is 0 Å². The lowest BCUT2D eigenvalue weighted by atomic mass is 9.76. The molecule has 4 rings (SSSR count). The molecule has 4 aromatic carbocycles. The van der Waals surface area contributed by atoms with Crippen molar-refractivity contribution in [2.24, 2.45) is 0 Å². The molecule has 31 heavy (non-hydrogen) atoms. The van der Waals surface area contributed by atoms with Gasteiger partial charge in [0.05, 0.1) is 0 Å². The first-order valence-electron chi connectivity index (χ1n) is 9.86. The SMILES string of the molecule is Cc1ccc(C(O)(C(=O)c2ccccc2)c2ccccc2)c(-c2ccc(F)cc2)c1F. The van der Waals surface area contributed by atoms with Crippen LogP contribution in [0.25, 0.3) is 11.1 Å². The molecule has 4 aromatic rings. The van der Waals surface area contributed by atoms with Crippen molar-refractivity contribution >= 4 is 5.78 Å². The van der Waals surface area contributed by atoms with Gasteiger partial charge in [-0.25, -0.2) is 8.78 Å². The number of hydrogen-bond acceptors (Lipinski definition) is 2. The van der Waals surface area contributed by atoms with E-state index in [-0.39, 0.29) is 11.1 Å². The zero-order valence-electron chi connectivity index (χ0n) is 16.8. The first kappa shape index (κ1) is 20.6. The van der Waals surface area contributed by atoms with Crippen LogP contribution in [0, 0.1) is 18.6 Å². The maximum atomic E-state index is 15.4. The topological polar surface area (TPSA) is 37.3 Å². The lowest BCUT2D eigenvalue weighted by molar-refractivity contribution is 0.0489. The third kappa shape index (κ3) is 3.66. The van der Waals surface area contributed by atoms with E-state index in [1.165, 1.54) is 30.3 Å². The predicted octanol–water partition coefficient (Wildman–Crippen LogP) is 6.06. The largest absolute Gasteiger partial charge is 0.373 e. The summed E-state index contributed by atoms with van der Waals surface area (Å²) in [6.45, 7) is 1.60. The molecule has 0 bridgehead atoms. The van der Waals surface area contributed by atoms with Crippen LogP contribution in [-0.2, 0) is 5.60 Å². The first-order valence-corrected chi connectivity index (χ1v) is 9.86. The summed E-state index contributed by atoms with van der Waals surface area (Å²) in [5.41, 5.74) is -0.660. The molecule has 0 aliphatic heterocycles. The highest BCUT2D eigenvalue weighted by Gasteiger charge is 2.43. The van der Waals surface area contributed by atoms with E-state index in [0.29, 0.717) is 22.3 Å². The minimum absolute atomic E-state index is 0.0654. The summed E-state index contributed by atoms with van der Waals surface area (Å²) in [7, 11) is 0. The smallest absolute Gasteiger partial charge is 0.203 e. The Labute approximate surface area is 179 Å². The maximum Gasteiger partial charge on any atom is 0.203 e. The van der Waals surface area contributed by atoms with Gasteiger partial charge in [-0.3, -0.25) is 4.79 Å². The minimum Gasteiger partial charge on any atom is -0.373 e. The second-order valence-electron chi connectivity index (χ2n) is 7.40. The van der Waals surface area contributed by atoms with E-state index >= 15 is 4.39 Å². The molecule has 1 unspecified atom stereocenters. The minimum atomic E-state index is -2.15. The van der Waals surface area contributed by atoms with Gasteiger partial charge in [0.2, 0.25) is 5.78 Å². The summed E-state index contributed by atoms with van der Waals surface area (Å²) in [6, 6.07) is 25.3. The Balaban J connectivity index is 2.04. The monoisotopic (exact) mass is 414 g/mol. The van der Waals surface area contributed by atoms with Crippen molar-refractivity contribution in [3.8, 4) is 11.1 Å². The van der Waals surface area contributed by atoms with Crippen LogP contribution in [0.2, 0.25) is 0 Å². The van der Waals surface area contributed by atoms with Crippen LogP contribution in [-0.4, -0.2) is 10.9 Å². The molecule has 0 radical (unpaired) electrons. The molecule has 0 saturated carbocycles. The Morgan fingerprint density at radius 3 is 1.97 bits per heavy atom. The van der Waals surface area contributed by atoms with Gasteiger partial charge < -0.3 is 5.11 Å². The fraction of sp³-hybridized carbons (Fsp3) is 0.0741. The number of Topliss-reactive ketones (excluding diaryl/α,β-unsaturated/α-hetero) is 1. The summed E-state index contributed by atoms with van der Waals surface area (Å²) in [5, 5.41) is 12.0. The molecule has 1 atom stereocenters. The van der Waals surface area contributed by atoms with Crippen LogP contribution in [0.1, 0.15) is 27.0 Å². The van der Waals surface area contributed by atoms with Gasteiger partial charge >= 0.3 is 0 Å². The number of benzene rings is 4. The van der Waals surface area contributed by atoms with Crippen molar-refractivity contribution in [2.45, 2.75) is 12.5 Å². The second kappa shape index (κ2) is 8.25. The normalized spacial score (nSPS) is 12.9. The van der Waals surface area contributed by atoms with E-state index in [1.54, 1.807) is 73.7 Å². The Hall–Kier alpha value is -3.63. The summed E-state index contributed by atoms with van der Waals surface area (Å²) in [4.78, 5) is 13.7. The van der Waals surface area contributed by atoms with Crippen molar-refractivity contribution in [3.63, 3.8) is 0 Å². The summed E-state index contributed by atoms with van der Waals surface area (Å²) < 4.78 is 29.0. The van der Waals surface area contributed by atoms with Gasteiger partial charge in [-0.1, -0.05) is 84.9 Å². The van der Waals surface area contributed by atoms with Crippen LogP contribution < -0.4 is 0 Å². The van der Waals surface area contributed by atoms with Crippen molar-refractivity contribution < 1.29 is 18.7 Å². The second-order valence-corrected chi connectivity index (χ2v) is 7.40. The molecule has 0 heterocycles. The lowest BCUT2D eigenvalue weighted by Crippen LogP contribution is -2.38. The van der Waals surface area contributed by atoms with Crippen LogP contribution in [0.5, 0.6) is 0 Å². The number of hydrogen-bond donors (Lipinski definition) is 1. The molecular weight excluding hydrogens is 394 g/mol. The van der Waals surface area contributed by atoms with E-state index in [1.807, 2.05) is 0 Å². The zero-order chi connectivity index (χ0) is 22.0. The Morgan fingerprint density at radius 2 is 1.35 bits per heavy atom. The highest BCUT2D eigenvalue weighted by atomic mass is 19.1. The number of carbonyl (C=O) groups is 1. The fourth-order valence-electron chi connectivity index (χ4n) is 3.77. The number of ketones is 1. The van der Waals surface area contributed by atoms with Gasteiger partial charge in [-0.05, 0) is 35.7 Å². The average Bonchev–Trinajstić information content (AvgIpc) is 2.81. The Bertz CT molecular complexity index is 1220. The van der Waals surface area contributed by atoms with E-state index in [9.17, 15) is 14.3 Å². The highest BCUT2D eigenvalue weighted by Crippen LogP contribution is 2.41. The molecule has 0 spiro atoms. The van der Waals surface area contributed by atoms with Gasteiger partial charge in [0.15, 0.2) is 5.60 Å². The number of rotatable bonds is 5. The fourth-order valence-corrected chi connectivity index (χ4v) is 3.77. The molecule has 0 aliphatic rings. The third-order valence-electron chi connectivity index (χ3n) is 5.41. The summed E-state index contributed by atoms with van der Waals surface area (Å²) >= 11 is 0. The van der Waals surface area contributed by atoms with E-state index in [2.05, 4.69) is 0 Å². The van der Waals surface area contributed by atoms with Gasteiger partial charge in [0.1, 0.15) is 11.6 Å². The van der Waals surface area contributed by atoms with Crippen LogP contribution >= 0.6 is 0 Å². The molecule has 154 valence electrons. The van der Waals surface area contributed by atoms with Crippen LogP contribution in [0.4, 0.5) is 8.78 Å². The molecule has 0 fully saturated rings. The quantitative estimate of drug-likeness (QED) is 0.403. The average molecular weight is 414 g/mol. The Morgan fingerprint density at radius 1 is 0.774 bits per heavy atom. The molecule has 1 N–H and O–H groups in total. The van der Waals surface area contributed by atoms with Crippen molar-refractivity contribution in [2.75, 3.05) is 0 Å².